The van der Waals surface area contributed by atoms with Gasteiger partial charge in [-0.25, -0.2) is 9.78 Å². The van der Waals surface area contributed by atoms with Crippen LogP contribution < -0.4 is 16.0 Å². The molecule has 1 unspecified atom stereocenters. The summed E-state index contributed by atoms with van der Waals surface area (Å²) in [5.74, 6) is 0.0391. The van der Waals surface area contributed by atoms with E-state index in [-0.39, 0.29) is 17.7 Å². The first-order valence-corrected chi connectivity index (χ1v) is 10.5. The molecule has 1 saturated heterocycles. The van der Waals surface area contributed by atoms with E-state index in [1.54, 1.807) is 13.1 Å². The fraction of sp³-hybridized carbons (Fsp3) is 0.391. The van der Waals surface area contributed by atoms with Crippen LogP contribution in [0.5, 0.6) is 0 Å². The van der Waals surface area contributed by atoms with Crippen molar-refractivity contribution in [2.75, 3.05) is 18.4 Å². The molecule has 0 radical (unpaired) electrons. The average Bonchev–Trinajstić information content (AvgIpc) is 2.78. The number of benzene rings is 1. The topological polar surface area (TPSA) is 103 Å². The maximum Gasteiger partial charge on any atom is 0.321 e. The second-order valence-electron chi connectivity index (χ2n) is 7.85. The summed E-state index contributed by atoms with van der Waals surface area (Å²) in [6.07, 6.45) is 2.97. The predicted molar refractivity (Wildman–Crippen MR) is 118 cm³/mol. The Bertz CT molecular complexity index is 910. The molecule has 0 saturated carbocycles. The van der Waals surface area contributed by atoms with E-state index in [9.17, 15) is 14.4 Å². The molecule has 0 aliphatic carbocycles. The number of anilines is 1. The fourth-order valence-electron chi connectivity index (χ4n) is 3.59. The molecular weight excluding hydrogens is 394 g/mol. The van der Waals surface area contributed by atoms with Crippen molar-refractivity contribution in [2.45, 2.75) is 39.3 Å². The van der Waals surface area contributed by atoms with Crippen LogP contribution in [0.25, 0.3) is 0 Å². The van der Waals surface area contributed by atoms with E-state index in [2.05, 4.69) is 20.9 Å². The summed E-state index contributed by atoms with van der Waals surface area (Å²) in [7, 11) is 0. The fourth-order valence-corrected chi connectivity index (χ4v) is 3.59. The number of aromatic nitrogens is 1. The molecule has 0 bridgehead atoms. The maximum atomic E-state index is 12.5. The number of hydrogen-bond donors (Lipinski definition) is 3. The molecule has 164 valence electrons. The third kappa shape index (κ3) is 6.62. The molecule has 1 aromatic heterocycles. The lowest BCUT2D eigenvalue weighted by Crippen LogP contribution is -2.52. The van der Waals surface area contributed by atoms with Gasteiger partial charge in [0.15, 0.2) is 0 Å². The second kappa shape index (κ2) is 10.7. The van der Waals surface area contributed by atoms with Gasteiger partial charge in [-0.1, -0.05) is 30.3 Å². The number of urea groups is 1. The van der Waals surface area contributed by atoms with Crippen LogP contribution >= 0.6 is 0 Å². The molecule has 1 aliphatic heterocycles. The Kier molecular flexibility index (Phi) is 7.72. The number of likely N-dealkylation sites (tertiary alicyclic amines) is 1. The molecule has 2 heterocycles. The van der Waals surface area contributed by atoms with E-state index in [4.69, 9.17) is 0 Å². The molecule has 8 heteroatoms. The number of piperidine rings is 1. The summed E-state index contributed by atoms with van der Waals surface area (Å²) in [6.45, 7) is 5.30. The van der Waals surface area contributed by atoms with Crippen molar-refractivity contribution in [3.63, 3.8) is 0 Å². The quantitative estimate of drug-likeness (QED) is 0.662. The zero-order valence-corrected chi connectivity index (χ0v) is 17.9. The van der Waals surface area contributed by atoms with E-state index >= 15 is 0 Å². The van der Waals surface area contributed by atoms with Gasteiger partial charge in [-0.3, -0.25) is 19.8 Å². The van der Waals surface area contributed by atoms with Crippen molar-refractivity contribution in [3.8, 4) is 0 Å². The first-order valence-electron chi connectivity index (χ1n) is 10.5. The number of rotatable bonds is 6. The standard InChI is InChI=1S/C23H29N5O3/c1-16-8-11-24-20(14-16)26-22(30)19-9-12-28(13-10-19)17(2)21(29)27-23(31)25-15-18-6-4-3-5-7-18/h3-8,11,14,17,19H,9-10,12-13,15H2,1-2H3,(H,24,26,30)(H2,25,27,29,31). The number of pyridine rings is 1. The van der Waals surface area contributed by atoms with Crippen molar-refractivity contribution in [3.05, 3.63) is 59.8 Å². The van der Waals surface area contributed by atoms with E-state index in [0.29, 0.717) is 38.3 Å². The number of amides is 4. The largest absolute Gasteiger partial charge is 0.334 e. The monoisotopic (exact) mass is 423 g/mol. The van der Waals surface area contributed by atoms with Crippen LogP contribution in [0.3, 0.4) is 0 Å². The van der Waals surface area contributed by atoms with Crippen molar-refractivity contribution in [1.29, 1.82) is 0 Å². The molecule has 4 amide bonds. The van der Waals surface area contributed by atoms with Gasteiger partial charge in [-0.05, 0) is 63.0 Å². The highest BCUT2D eigenvalue weighted by molar-refractivity contribution is 5.96. The minimum atomic E-state index is -0.513. The van der Waals surface area contributed by atoms with Crippen molar-refractivity contribution in [2.24, 2.45) is 5.92 Å². The smallest absolute Gasteiger partial charge is 0.321 e. The lowest BCUT2D eigenvalue weighted by molar-refractivity contribution is -0.126. The molecule has 3 rings (SSSR count). The average molecular weight is 424 g/mol. The first-order chi connectivity index (χ1) is 14.9. The zero-order chi connectivity index (χ0) is 22.2. The van der Waals surface area contributed by atoms with Gasteiger partial charge in [0.1, 0.15) is 5.82 Å². The summed E-state index contributed by atoms with van der Waals surface area (Å²) in [6, 6.07) is 12.2. The third-order valence-corrected chi connectivity index (χ3v) is 5.53. The van der Waals surface area contributed by atoms with Gasteiger partial charge in [-0.15, -0.1) is 0 Å². The molecule has 1 aromatic carbocycles. The zero-order valence-electron chi connectivity index (χ0n) is 17.9. The summed E-state index contributed by atoms with van der Waals surface area (Å²) in [5, 5.41) is 7.96. The van der Waals surface area contributed by atoms with E-state index in [0.717, 1.165) is 11.1 Å². The summed E-state index contributed by atoms with van der Waals surface area (Å²) in [5.41, 5.74) is 1.99. The van der Waals surface area contributed by atoms with Gasteiger partial charge >= 0.3 is 6.03 Å². The number of nitrogens with one attached hydrogen (secondary N) is 3. The minimum absolute atomic E-state index is 0.0462. The van der Waals surface area contributed by atoms with E-state index < -0.39 is 12.1 Å². The van der Waals surface area contributed by atoms with Crippen LogP contribution in [0.4, 0.5) is 10.6 Å². The number of carbonyl (C=O) groups excluding carboxylic acids is 3. The third-order valence-electron chi connectivity index (χ3n) is 5.53. The molecular formula is C23H29N5O3. The molecule has 31 heavy (non-hydrogen) atoms. The Labute approximate surface area is 182 Å². The minimum Gasteiger partial charge on any atom is -0.334 e. The molecule has 2 aromatic rings. The van der Waals surface area contributed by atoms with Crippen LogP contribution in [-0.2, 0) is 16.1 Å². The van der Waals surface area contributed by atoms with Gasteiger partial charge in [0.2, 0.25) is 11.8 Å². The molecule has 3 N–H and O–H groups in total. The van der Waals surface area contributed by atoms with Crippen LogP contribution in [0, 0.1) is 12.8 Å². The molecule has 1 aliphatic rings. The van der Waals surface area contributed by atoms with Crippen molar-refractivity contribution < 1.29 is 14.4 Å². The van der Waals surface area contributed by atoms with Gasteiger partial charge in [-0.2, -0.15) is 0 Å². The Morgan fingerprint density at radius 2 is 1.84 bits per heavy atom. The van der Waals surface area contributed by atoms with Crippen molar-refractivity contribution >= 4 is 23.7 Å². The number of hydrogen-bond acceptors (Lipinski definition) is 5. The first kappa shape index (κ1) is 22.4. The molecule has 0 spiro atoms. The van der Waals surface area contributed by atoms with Crippen LogP contribution in [0.1, 0.15) is 30.9 Å². The summed E-state index contributed by atoms with van der Waals surface area (Å²) < 4.78 is 0. The Morgan fingerprint density at radius 3 is 2.52 bits per heavy atom. The maximum absolute atomic E-state index is 12.5. The number of nitrogens with zero attached hydrogens (tertiary/aromatic N) is 2. The Balaban J connectivity index is 1.41. The summed E-state index contributed by atoms with van der Waals surface area (Å²) in [4.78, 5) is 43.2. The SMILES string of the molecule is Cc1ccnc(NC(=O)C2CCN(C(C)C(=O)NC(=O)NCc3ccccc3)CC2)c1. The number of aryl methyl sites for hydroxylation is 1. The Hall–Kier alpha value is -3.26. The second-order valence-corrected chi connectivity index (χ2v) is 7.85. The predicted octanol–water partition coefficient (Wildman–Crippen LogP) is 2.46. The Morgan fingerprint density at radius 1 is 1.13 bits per heavy atom. The van der Waals surface area contributed by atoms with E-state index in [1.807, 2.05) is 54.3 Å². The molecule has 1 atom stereocenters. The van der Waals surface area contributed by atoms with Crippen LogP contribution in [-0.4, -0.2) is 46.9 Å². The van der Waals surface area contributed by atoms with Gasteiger partial charge in [0.05, 0.1) is 6.04 Å². The van der Waals surface area contributed by atoms with Gasteiger partial charge in [0.25, 0.3) is 0 Å². The highest BCUT2D eigenvalue weighted by Crippen LogP contribution is 2.21. The lowest BCUT2D eigenvalue weighted by atomic mass is 9.95. The molecule has 1 fully saturated rings. The van der Waals surface area contributed by atoms with Crippen molar-refractivity contribution in [1.82, 2.24) is 20.5 Å². The van der Waals surface area contributed by atoms with Crippen LogP contribution in [0.15, 0.2) is 48.7 Å². The lowest BCUT2D eigenvalue weighted by Gasteiger charge is -2.34. The highest BCUT2D eigenvalue weighted by Gasteiger charge is 2.30. The molecule has 8 nitrogen and oxygen atoms in total. The van der Waals surface area contributed by atoms with Crippen LogP contribution in [0.2, 0.25) is 0 Å². The van der Waals surface area contributed by atoms with Gasteiger partial charge < -0.3 is 10.6 Å². The number of carbonyl (C=O) groups is 3. The highest BCUT2D eigenvalue weighted by atomic mass is 16.2. The normalized spacial score (nSPS) is 15.7. The van der Waals surface area contributed by atoms with Gasteiger partial charge in [0, 0.05) is 18.7 Å². The van der Waals surface area contributed by atoms with E-state index in [1.165, 1.54) is 0 Å². The summed E-state index contributed by atoms with van der Waals surface area (Å²) >= 11 is 0. The number of imide groups is 1.